The second-order valence-electron chi connectivity index (χ2n) is 3.59. The van der Waals surface area contributed by atoms with E-state index >= 15 is 0 Å². The lowest BCUT2D eigenvalue weighted by Crippen LogP contribution is -2.03. The van der Waals surface area contributed by atoms with Crippen molar-refractivity contribution in [3.63, 3.8) is 0 Å². The largest absolute Gasteiger partial charge is 0.440 e. The Kier molecular flexibility index (Phi) is 4.32. The Hall–Kier alpha value is -0.970. The minimum absolute atomic E-state index is 0.108. The van der Waals surface area contributed by atoms with Gasteiger partial charge in [-0.3, -0.25) is 4.79 Å². The molecule has 0 fully saturated rings. The molecule has 0 saturated carbocycles. The van der Waals surface area contributed by atoms with Crippen LogP contribution in [0, 0.1) is 6.92 Å². The summed E-state index contributed by atoms with van der Waals surface area (Å²) in [6.45, 7) is 1.82. The Morgan fingerprint density at radius 1 is 1.44 bits per heavy atom. The zero-order valence-corrected chi connectivity index (χ0v) is 11.8. The fourth-order valence-electron chi connectivity index (χ4n) is 1.31. The molecule has 0 aliphatic rings. The summed E-state index contributed by atoms with van der Waals surface area (Å²) < 4.78 is 5.15. The molecule has 2 rings (SSSR count). The Balaban J connectivity index is 2.05. The maximum Gasteiger partial charge on any atom is 0.256 e. The standard InChI is InChI=1S/C12H9Cl2NO2S/c1-7-5-17-12(15-7)18-6-11(16)9-4-8(13)2-3-10(9)14/h2-5H,6H2,1H3. The number of thioether (sulfide) groups is 1. The van der Waals surface area contributed by atoms with Gasteiger partial charge in [-0.1, -0.05) is 35.0 Å². The third-order valence-electron chi connectivity index (χ3n) is 2.15. The number of ketones is 1. The molecule has 0 unspecified atom stereocenters. The number of halogens is 2. The predicted molar refractivity (Wildman–Crippen MR) is 72.8 cm³/mol. The number of benzene rings is 1. The van der Waals surface area contributed by atoms with Gasteiger partial charge in [0.2, 0.25) is 0 Å². The molecule has 1 aromatic carbocycles. The molecule has 6 heteroatoms. The highest BCUT2D eigenvalue weighted by Crippen LogP contribution is 2.24. The van der Waals surface area contributed by atoms with Crippen molar-refractivity contribution in [3.8, 4) is 0 Å². The second kappa shape index (κ2) is 5.78. The van der Waals surface area contributed by atoms with E-state index in [9.17, 15) is 4.79 Å². The first-order valence-electron chi connectivity index (χ1n) is 5.09. The van der Waals surface area contributed by atoms with Crippen LogP contribution in [0.1, 0.15) is 16.1 Å². The number of hydrogen-bond donors (Lipinski definition) is 0. The van der Waals surface area contributed by atoms with Crippen LogP contribution >= 0.6 is 35.0 Å². The number of rotatable bonds is 4. The van der Waals surface area contributed by atoms with Crippen molar-refractivity contribution in [2.45, 2.75) is 12.1 Å². The van der Waals surface area contributed by atoms with E-state index in [2.05, 4.69) is 4.98 Å². The first kappa shape index (κ1) is 13.5. The van der Waals surface area contributed by atoms with Crippen LogP contribution in [0.2, 0.25) is 10.0 Å². The molecule has 0 saturated heterocycles. The molecule has 1 heterocycles. The summed E-state index contributed by atoms with van der Waals surface area (Å²) in [5.41, 5.74) is 1.20. The summed E-state index contributed by atoms with van der Waals surface area (Å²) in [5.74, 6) is 0.100. The molecule has 1 aromatic heterocycles. The minimum Gasteiger partial charge on any atom is -0.440 e. The molecule has 0 amide bonds. The van der Waals surface area contributed by atoms with Gasteiger partial charge in [0.1, 0.15) is 6.26 Å². The van der Waals surface area contributed by atoms with Crippen LogP contribution < -0.4 is 0 Å². The topological polar surface area (TPSA) is 43.1 Å². The monoisotopic (exact) mass is 301 g/mol. The fraction of sp³-hybridized carbons (Fsp3) is 0.167. The van der Waals surface area contributed by atoms with E-state index in [0.717, 1.165) is 5.69 Å². The number of carbonyl (C=O) groups is 1. The smallest absolute Gasteiger partial charge is 0.256 e. The quantitative estimate of drug-likeness (QED) is 0.625. The molecule has 0 N–H and O–H groups in total. The van der Waals surface area contributed by atoms with Crippen LogP contribution in [0.4, 0.5) is 0 Å². The van der Waals surface area contributed by atoms with E-state index in [1.807, 2.05) is 6.92 Å². The molecule has 0 aliphatic carbocycles. The highest BCUT2D eigenvalue weighted by atomic mass is 35.5. The van der Waals surface area contributed by atoms with Crippen molar-refractivity contribution in [2.75, 3.05) is 5.75 Å². The Labute approximate surface area is 118 Å². The van der Waals surface area contributed by atoms with Crippen molar-refractivity contribution >= 4 is 40.7 Å². The van der Waals surface area contributed by atoms with Crippen LogP contribution in [0.15, 0.2) is 34.1 Å². The maximum atomic E-state index is 12.0. The molecule has 94 valence electrons. The molecule has 2 aromatic rings. The van der Waals surface area contributed by atoms with E-state index in [-0.39, 0.29) is 11.5 Å². The molecule has 0 atom stereocenters. The molecular formula is C12H9Cl2NO2S. The lowest BCUT2D eigenvalue weighted by Gasteiger charge is -2.02. The van der Waals surface area contributed by atoms with Crippen molar-refractivity contribution < 1.29 is 9.21 Å². The van der Waals surface area contributed by atoms with Crippen LogP contribution in [0.3, 0.4) is 0 Å². The summed E-state index contributed by atoms with van der Waals surface area (Å²) >= 11 is 13.0. The normalized spacial score (nSPS) is 10.6. The molecule has 3 nitrogen and oxygen atoms in total. The average Bonchev–Trinajstić information content (AvgIpc) is 2.75. The SMILES string of the molecule is Cc1coc(SCC(=O)c2cc(Cl)ccc2Cl)n1. The number of nitrogens with zero attached hydrogens (tertiary/aromatic N) is 1. The van der Waals surface area contributed by atoms with Gasteiger partial charge in [0.15, 0.2) is 5.78 Å². The number of aromatic nitrogens is 1. The minimum atomic E-state index is -0.108. The van der Waals surface area contributed by atoms with Gasteiger partial charge in [0.05, 0.1) is 16.5 Å². The number of aryl methyl sites for hydroxylation is 1. The molecule has 18 heavy (non-hydrogen) atoms. The fourth-order valence-corrected chi connectivity index (χ4v) is 2.44. The summed E-state index contributed by atoms with van der Waals surface area (Å²) in [7, 11) is 0. The molecule has 0 radical (unpaired) electrons. The number of oxazole rings is 1. The summed E-state index contributed by atoms with van der Waals surface area (Å²) in [5, 5.41) is 1.35. The Morgan fingerprint density at radius 3 is 2.89 bits per heavy atom. The van der Waals surface area contributed by atoms with E-state index in [4.69, 9.17) is 27.6 Å². The second-order valence-corrected chi connectivity index (χ2v) is 5.36. The summed E-state index contributed by atoms with van der Waals surface area (Å²) in [6.07, 6.45) is 1.54. The Bertz CT molecular complexity index is 583. The van der Waals surface area contributed by atoms with Gasteiger partial charge in [0, 0.05) is 10.6 Å². The van der Waals surface area contributed by atoms with E-state index in [1.54, 1.807) is 24.5 Å². The van der Waals surface area contributed by atoms with Gasteiger partial charge >= 0.3 is 0 Å². The third-order valence-corrected chi connectivity index (χ3v) is 3.56. The van der Waals surface area contributed by atoms with Crippen molar-refractivity contribution in [1.82, 2.24) is 4.98 Å². The molecule has 0 spiro atoms. The van der Waals surface area contributed by atoms with Gasteiger partial charge in [-0.2, -0.15) is 0 Å². The predicted octanol–water partition coefficient (Wildman–Crippen LogP) is 4.26. The zero-order chi connectivity index (χ0) is 13.1. The summed E-state index contributed by atoms with van der Waals surface area (Å²) in [4.78, 5) is 16.1. The maximum absolute atomic E-state index is 12.0. The summed E-state index contributed by atoms with van der Waals surface area (Å²) in [6, 6.07) is 4.82. The van der Waals surface area contributed by atoms with Crippen molar-refractivity contribution in [3.05, 3.63) is 45.8 Å². The van der Waals surface area contributed by atoms with Gasteiger partial charge in [-0.25, -0.2) is 4.98 Å². The Morgan fingerprint density at radius 2 is 2.22 bits per heavy atom. The van der Waals surface area contributed by atoms with Crippen molar-refractivity contribution in [1.29, 1.82) is 0 Å². The first-order valence-corrected chi connectivity index (χ1v) is 6.83. The van der Waals surface area contributed by atoms with Crippen LogP contribution in [0.25, 0.3) is 0 Å². The van der Waals surface area contributed by atoms with Crippen LogP contribution in [0.5, 0.6) is 0 Å². The van der Waals surface area contributed by atoms with Gasteiger partial charge in [-0.15, -0.1) is 0 Å². The van der Waals surface area contributed by atoms with Gasteiger partial charge < -0.3 is 4.42 Å². The first-order chi connectivity index (χ1) is 8.56. The van der Waals surface area contributed by atoms with E-state index in [0.29, 0.717) is 20.8 Å². The molecular weight excluding hydrogens is 293 g/mol. The third kappa shape index (κ3) is 3.28. The zero-order valence-electron chi connectivity index (χ0n) is 9.44. The highest BCUT2D eigenvalue weighted by molar-refractivity contribution is 7.99. The lowest BCUT2D eigenvalue weighted by molar-refractivity contribution is 0.102. The van der Waals surface area contributed by atoms with E-state index in [1.165, 1.54) is 11.8 Å². The van der Waals surface area contributed by atoms with Crippen molar-refractivity contribution in [2.24, 2.45) is 0 Å². The van der Waals surface area contributed by atoms with Crippen LogP contribution in [-0.4, -0.2) is 16.5 Å². The van der Waals surface area contributed by atoms with Gasteiger partial charge in [0.25, 0.3) is 5.22 Å². The molecule has 0 bridgehead atoms. The number of carbonyl (C=O) groups excluding carboxylic acids is 1. The number of hydrogen-bond acceptors (Lipinski definition) is 4. The lowest BCUT2D eigenvalue weighted by atomic mass is 10.1. The average molecular weight is 302 g/mol. The van der Waals surface area contributed by atoms with E-state index < -0.39 is 0 Å². The molecule has 0 aliphatic heterocycles. The van der Waals surface area contributed by atoms with Gasteiger partial charge in [-0.05, 0) is 25.1 Å². The highest BCUT2D eigenvalue weighted by Gasteiger charge is 2.13. The number of Topliss-reactive ketones (excluding diaryl/α,β-unsaturated/α-hetero) is 1. The van der Waals surface area contributed by atoms with Crippen LogP contribution in [-0.2, 0) is 0 Å².